The van der Waals surface area contributed by atoms with Gasteiger partial charge in [-0.15, -0.1) is 0 Å². The molecule has 0 spiro atoms. The topological polar surface area (TPSA) is 71.3 Å². The Bertz CT molecular complexity index is 795. The van der Waals surface area contributed by atoms with Crippen molar-refractivity contribution in [2.24, 2.45) is 0 Å². The number of carbonyl (C=O) groups is 1. The summed E-state index contributed by atoms with van der Waals surface area (Å²) in [6, 6.07) is 12.7. The Morgan fingerprint density at radius 2 is 1.96 bits per heavy atom. The third-order valence-electron chi connectivity index (χ3n) is 3.35. The van der Waals surface area contributed by atoms with Crippen LogP contribution in [0.2, 0.25) is 0 Å². The fourth-order valence-electron chi connectivity index (χ4n) is 2.08. The van der Waals surface area contributed by atoms with Crippen molar-refractivity contribution in [3.05, 3.63) is 60.4 Å². The van der Waals surface area contributed by atoms with E-state index in [1.165, 1.54) is 0 Å². The minimum absolute atomic E-state index is 0.246. The quantitative estimate of drug-likeness (QED) is 0.802. The lowest BCUT2D eigenvalue weighted by molar-refractivity contribution is 0.102. The number of anilines is 2. The summed E-state index contributed by atoms with van der Waals surface area (Å²) in [6.07, 6.45) is 3.37. The molecule has 6 nitrogen and oxygen atoms in total. The van der Waals surface area contributed by atoms with E-state index >= 15 is 0 Å². The largest absolute Gasteiger partial charge is 0.378 e. The molecule has 0 aliphatic carbocycles. The van der Waals surface area contributed by atoms with E-state index in [4.69, 9.17) is 4.52 Å². The number of hydrogen-bond acceptors (Lipinski definition) is 5. The van der Waals surface area contributed by atoms with Gasteiger partial charge in [-0.1, -0.05) is 5.16 Å². The summed E-state index contributed by atoms with van der Waals surface area (Å²) >= 11 is 0. The molecule has 0 fully saturated rings. The summed E-state index contributed by atoms with van der Waals surface area (Å²) in [7, 11) is 3.90. The van der Waals surface area contributed by atoms with Gasteiger partial charge in [0, 0.05) is 49.4 Å². The zero-order valence-corrected chi connectivity index (χ0v) is 12.9. The second kappa shape index (κ2) is 6.31. The first kappa shape index (κ1) is 14.8. The predicted molar refractivity (Wildman–Crippen MR) is 88.5 cm³/mol. The van der Waals surface area contributed by atoms with Crippen molar-refractivity contribution < 1.29 is 9.32 Å². The zero-order valence-electron chi connectivity index (χ0n) is 12.9. The molecule has 0 bridgehead atoms. The van der Waals surface area contributed by atoms with Crippen LogP contribution in [0.5, 0.6) is 0 Å². The number of nitrogens with one attached hydrogen (secondary N) is 1. The summed E-state index contributed by atoms with van der Waals surface area (Å²) in [6.45, 7) is 0. The summed E-state index contributed by atoms with van der Waals surface area (Å²) < 4.78 is 5.16. The average Bonchev–Trinajstić information content (AvgIpc) is 3.04. The van der Waals surface area contributed by atoms with E-state index in [1.807, 2.05) is 43.3 Å². The first-order valence-electron chi connectivity index (χ1n) is 7.09. The van der Waals surface area contributed by atoms with Crippen LogP contribution in [0.3, 0.4) is 0 Å². The van der Waals surface area contributed by atoms with E-state index in [1.54, 1.807) is 30.6 Å². The number of carbonyl (C=O) groups excluding carboxylic acids is 1. The van der Waals surface area contributed by atoms with Crippen molar-refractivity contribution in [1.29, 1.82) is 0 Å². The maximum atomic E-state index is 12.2. The van der Waals surface area contributed by atoms with Gasteiger partial charge in [-0.2, -0.15) is 0 Å². The van der Waals surface area contributed by atoms with E-state index in [2.05, 4.69) is 15.5 Å². The van der Waals surface area contributed by atoms with Crippen molar-refractivity contribution in [2.75, 3.05) is 24.3 Å². The molecule has 2 heterocycles. The van der Waals surface area contributed by atoms with Crippen LogP contribution in [-0.4, -0.2) is 30.1 Å². The van der Waals surface area contributed by atoms with Crippen molar-refractivity contribution in [2.45, 2.75) is 0 Å². The van der Waals surface area contributed by atoms with Crippen LogP contribution < -0.4 is 10.2 Å². The fraction of sp³-hybridized carbons (Fsp3) is 0.118. The predicted octanol–water partition coefficient (Wildman–Crippen LogP) is 3.05. The van der Waals surface area contributed by atoms with Crippen LogP contribution in [0.1, 0.15) is 10.4 Å². The molecule has 0 aliphatic rings. The number of nitrogens with zero attached hydrogens (tertiary/aromatic N) is 3. The van der Waals surface area contributed by atoms with Gasteiger partial charge in [0.25, 0.3) is 5.91 Å². The molecule has 1 aromatic carbocycles. The molecule has 3 rings (SSSR count). The molecule has 0 aliphatic heterocycles. The van der Waals surface area contributed by atoms with Crippen LogP contribution in [0.15, 0.2) is 59.4 Å². The monoisotopic (exact) mass is 308 g/mol. The van der Waals surface area contributed by atoms with Gasteiger partial charge in [0.2, 0.25) is 5.88 Å². The Kier molecular flexibility index (Phi) is 4.05. The molecule has 0 saturated heterocycles. The van der Waals surface area contributed by atoms with Crippen LogP contribution in [0.4, 0.5) is 11.6 Å². The van der Waals surface area contributed by atoms with E-state index in [-0.39, 0.29) is 5.91 Å². The highest BCUT2D eigenvalue weighted by molar-refractivity contribution is 6.03. The summed E-state index contributed by atoms with van der Waals surface area (Å²) in [5.41, 5.74) is 3.03. The number of aromatic nitrogens is 2. The zero-order chi connectivity index (χ0) is 16.2. The van der Waals surface area contributed by atoms with E-state index in [9.17, 15) is 4.79 Å². The number of benzene rings is 1. The molecule has 3 aromatic rings. The van der Waals surface area contributed by atoms with E-state index < -0.39 is 0 Å². The Morgan fingerprint density at radius 3 is 2.61 bits per heavy atom. The highest BCUT2D eigenvalue weighted by Gasteiger charge is 2.11. The van der Waals surface area contributed by atoms with E-state index in [0.29, 0.717) is 17.1 Å². The SMILES string of the molecule is CN(C)c1ccc(C(=O)Nc2cc(-c3cccnc3)no2)cc1. The lowest BCUT2D eigenvalue weighted by Gasteiger charge is -2.12. The van der Waals surface area contributed by atoms with Crippen molar-refractivity contribution in [3.63, 3.8) is 0 Å². The summed E-state index contributed by atoms with van der Waals surface area (Å²) in [4.78, 5) is 18.2. The van der Waals surface area contributed by atoms with Crippen LogP contribution in [0, 0.1) is 0 Å². The van der Waals surface area contributed by atoms with Crippen molar-refractivity contribution in [1.82, 2.24) is 10.1 Å². The summed E-state index contributed by atoms with van der Waals surface area (Å²) in [5, 5.41) is 6.63. The Labute approximate surface area is 133 Å². The van der Waals surface area contributed by atoms with Crippen LogP contribution >= 0.6 is 0 Å². The Hall–Kier alpha value is -3.15. The Balaban J connectivity index is 1.72. The average molecular weight is 308 g/mol. The second-order valence-electron chi connectivity index (χ2n) is 5.21. The summed E-state index contributed by atoms with van der Waals surface area (Å²) in [5.74, 6) is 0.0507. The van der Waals surface area contributed by atoms with Gasteiger partial charge in [0.15, 0.2) is 0 Å². The molecule has 0 unspecified atom stereocenters. The third-order valence-corrected chi connectivity index (χ3v) is 3.35. The van der Waals surface area contributed by atoms with Gasteiger partial charge in [-0.3, -0.25) is 15.1 Å². The molecule has 1 amide bonds. The lowest BCUT2D eigenvalue weighted by atomic mass is 10.2. The van der Waals surface area contributed by atoms with Crippen LogP contribution in [0.25, 0.3) is 11.3 Å². The maximum Gasteiger partial charge on any atom is 0.258 e. The maximum absolute atomic E-state index is 12.2. The van der Waals surface area contributed by atoms with Gasteiger partial charge in [-0.05, 0) is 36.4 Å². The third kappa shape index (κ3) is 3.37. The standard InChI is InChI=1S/C17H16N4O2/c1-21(2)14-7-5-12(6-8-14)17(22)19-16-10-15(20-23-16)13-4-3-9-18-11-13/h3-11H,1-2H3,(H,19,22). The molecular formula is C17H16N4O2. The molecule has 0 radical (unpaired) electrons. The normalized spacial score (nSPS) is 10.3. The smallest absolute Gasteiger partial charge is 0.258 e. The molecule has 6 heteroatoms. The van der Waals surface area contributed by atoms with Crippen molar-refractivity contribution in [3.8, 4) is 11.3 Å². The van der Waals surface area contributed by atoms with Gasteiger partial charge in [-0.25, -0.2) is 0 Å². The number of pyridine rings is 1. The first-order valence-corrected chi connectivity index (χ1v) is 7.09. The molecule has 23 heavy (non-hydrogen) atoms. The molecular weight excluding hydrogens is 292 g/mol. The fourth-order valence-corrected chi connectivity index (χ4v) is 2.08. The molecule has 0 atom stereocenters. The number of amides is 1. The van der Waals surface area contributed by atoms with Crippen LogP contribution in [-0.2, 0) is 0 Å². The number of rotatable bonds is 4. The number of hydrogen-bond donors (Lipinski definition) is 1. The van der Waals surface area contributed by atoms with Gasteiger partial charge < -0.3 is 9.42 Å². The molecule has 116 valence electrons. The molecule has 0 saturated carbocycles. The minimum Gasteiger partial charge on any atom is -0.378 e. The Morgan fingerprint density at radius 1 is 1.17 bits per heavy atom. The molecule has 2 aromatic heterocycles. The first-order chi connectivity index (χ1) is 11.1. The minimum atomic E-state index is -0.246. The highest BCUT2D eigenvalue weighted by Crippen LogP contribution is 2.21. The molecule has 1 N–H and O–H groups in total. The van der Waals surface area contributed by atoms with Gasteiger partial charge in [0.1, 0.15) is 5.69 Å². The highest BCUT2D eigenvalue weighted by atomic mass is 16.5. The van der Waals surface area contributed by atoms with Gasteiger partial charge in [0.05, 0.1) is 0 Å². The van der Waals surface area contributed by atoms with Crippen molar-refractivity contribution >= 4 is 17.5 Å². The lowest BCUT2D eigenvalue weighted by Crippen LogP contribution is -2.12. The van der Waals surface area contributed by atoms with Gasteiger partial charge >= 0.3 is 0 Å². The second-order valence-corrected chi connectivity index (χ2v) is 5.21. The van der Waals surface area contributed by atoms with E-state index in [0.717, 1.165) is 11.3 Å².